The van der Waals surface area contributed by atoms with Crippen molar-refractivity contribution in [3.8, 4) is 0 Å². The first-order valence-corrected chi connectivity index (χ1v) is 5.25. The Balaban J connectivity index is 1.98. The third-order valence-corrected chi connectivity index (χ3v) is 2.81. The van der Waals surface area contributed by atoms with Crippen LogP contribution >= 0.6 is 0 Å². The molecule has 1 heterocycles. The van der Waals surface area contributed by atoms with Crippen LogP contribution in [0.5, 0.6) is 0 Å². The van der Waals surface area contributed by atoms with Gasteiger partial charge in [-0.2, -0.15) is 0 Å². The minimum atomic E-state index is 0.878. The fourth-order valence-electron chi connectivity index (χ4n) is 1.98. The zero-order valence-electron chi connectivity index (χ0n) is 8.47. The molecular weight excluding hydrogens is 148 g/mol. The molecule has 0 saturated carbocycles. The Bertz CT molecular complexity index is 114. The normalized spacial score (nSPS) is 25.0. The second kappa shape index (κ2) is 5.55. The van der Waals surface area contributed by atoms with E-state index >= 15 is 0 Å². The molecule has 0 unspecified atom stereocenters. The lowest BCUT2D eigenvalue weighted by atomic mass is 10.1. The third kappa shape index (κ3) is 3.11. The van der Waals surface area contributed by atoms with Crippen molar-refractivity contribution in [1.29, 1.82) is 0 Å². The molecule has 0 amide bonds. The summed E-state index contributed by atoms with van der Waals surface area (Å²) in [5.74, 6) is 0. The SMILES string of the molecule is CCNCCC[C@@H]1CCCN1C. The largest absolute Gasteiger partial charge is 0.317 e. The van der Waals surface area contributed by atoms with E-state index in [1.807, 2.05) is 0 Å². The maximum Gasteiger partial charge on any atom is 0.00931 e. The first-order chi connectivity index (χ1) is 5.84. The monoisotopic (exact) mass is 170 g/mol. The molecule has 2 heteroatoms. The molecule has 1 saturated heterocycles. The zero-order valence-corrected chi connectivity index (χ0v) is 8.47. The second-order valence-electron chi connectivity index (χ2n) is 3.77. The Kier molecular flexibility index (Phi) is 4.62. The first kappa shape index (κ1) is 10.0. The lowest BCUT2D eigenvalue weighted by Gasteiger charge is -2.18. The Labute approximate surface area is 76.3 Å². The predicted molar refractivity (Wildman–Crippen MR) is 53.4 cm³/mol. The summed E-state index contributed by atoms with van der Waals surface area (Å²) in [7, 11) is 2.25. The smallest absolute Gasteiger partial charge is 0.00931 e. The molecule has 0 aromatic rings. The third-order valence-electron chi connectivity index (χ3n) is 2.81. The topological polar surface area (TPSA) is 15.3 Å². The molecule has 0 bridgehead atoms. The molecule has 1 N–H and O–H groups in total. The van der Waals surface area contributed by atoms with Crippen LogP contribution in [-0.4, -0.2) is 37.6 Å². The molecule has 0 aliphatic carbocycles. The van der Waals surface area contributed by atoms with E-state index < -0.39 is 0 Å². The van der Waals surface area contributed by atoms with Crippen molar-refractivity contribution in [2.75, 3.05) is 26.7 Å². The molecule has 1 aliphatic rings. The molecule has 1 fully saturated rings. The molecule has 72 valence electrons. The maximum absolute atomic E-state index is 3.37. The summed E-state index contributed by atoms with van der Waals surface area (Å²) in [5, 5.41) is 3.37. The van der Waals surface area contributed by atoms with Crippen LogP contribution in [0.1, 0.15) is 32.6 Å². The highest BCUT2D eigenvalue weighted by molar-refractivity contribution is 4.76. The van der Waals surface area contributed by atoms with E-state index in [0.717, 1.165) is 12.6 Å². The first-order valence-electron chi connectivity index (χ1n) is 5.25. The van der Waals surface area contributed by atoms with Gasteiger partial charge in [0.2, 0.25) is 0 Å². The molecular formula is C10H22N2. The summed E-state index contributed by atoms with van der Waals surface area (Å²) < 4.78 is 0. The van der Waals surface area contributed by atoms with Crippen LogP contribution in [0.2, 0.25) is 0 Å². The van der Waals surface area contributed by atoms with E-state index in [-0.39, 0.29) is 0 Å². The summed E-state index contributed by atoms with van der Waals surface area (Å²) in [4.78, 5) is 2.51. The van der Waals surface area contributed by atoms with Gasteiger partial charge in [-0.3, -0.25) is 0 Å². The van der Waals surface area contributed by atoms with Crippen molar-refractivity contribution in [2.45, 2.75) is 38.6 Å². The Morgan fingerprint density at radius 3 is 2.92 bits per heavy atom. The maximum atomic E-state index is 3.37. The minimum Gasteiger partial charge on any atom is -0.317 e. The van der Waals surface area contributed by atoms with Gasteiger partial charge in [0, 0.05) is 6.04 Å². The van der Waals surface area contributed by atoms with Crippen LogP contribution in [0.4, 0.5) is 0 Å². The quantitative estimate of drug-likeness (QED) is 0.629. The molecule has 1 atom stereocenters. The highest BCUT2D eigenvalue weighted by atomic mass is 15.1. The zero-order chi connectivity index (χ0) is 8.81. The Hall–Kier alpha value is -0.0800. The van der Waals surface area contributed by atoms with E-state index in [2.05, 4.69) is 24.2 Å². The second-order valence-corrected chi connectivity index (χ2v) is 3.77. The Morgan fingerprint density at radius 2 is 2.33 bits per heavy atom. The number of hydrogen-bond donors (Lipinski definition) is 1. The van der Waals surface area contributed by atoms with Gasteiger partial charge in [-0.05, 0) is 52.4 Å². The van der Waals surface area contributed by atoms with Gasteiger partial charge in [0.1, 0.15) is 0 Å². The van der Waals surface area contributed by atoms with Crippen LogP contribution < -0.4 is 5.32 Å². The van der Waals surface area contributed by atoms with E-state index in [1.54, 1.807) is 0 Å². The van der Waals surface area contributed by atoms with Gasteiger partial charge in [-0.25, -0.2) is 0 Å². The summed E-state index contributed by atoms with van der Waals surface area (Å²) in [6, 6.07) is 0.878. The van der Waals surface area contributed by atoms with Crippen LogP contribution in [0.3, 0.4) is 0 Å². The molecule has 12 heavy (non-hydrogen) atoms. The van der Waals surface area contributed by atoms with Gasteiger partial charge in [-0.1, -0.05) is 6.92 Å². The molecule has 1 aliphatic heterocycles. The lowest BCUT2D eigenvalue weighted by Crippen LogP contribution is -2.26. The summed E-state index contributed by atoms with van der Waals surface area (Å²) in [6.45, 7) is 5.79. The average molecular weight is 170 g/mol. The number of rotatable bonds is 5. The fourth-order valence-corrected chi connectivity index (χ4v) is 1.98. The molecule has 0 aromatic carbocycles. The summed E-state index contributed by atoms with van der Waals surface area (Å²) in [6.07, 6.45) is 5.54. The van der Waals surface area contributed by atoms with Crippen molar-refractivity contribution in [3.63, 3.8) is 0 Å². The van der Waals surface area contributed by atoms with Crippen molar-refractivity contribution in [2.24, 2.45) is 0 Å². The van der Waals surface area contributed by atoms with Gasteiger partial charge in [0.15, 0.2) is 0 Å². The molecule has 0 radical (unpaired) electrons. The minimum absolute atomic E-state index is 0.878. The Morgan fingerprint density at radius 1 is 1.50 bits per heavy atom. The van der Waals surface area contributed by atoms with E-state index in [9.17, 15) is 0 Å². The molecule has 1 rings (SSSR count). The van der Waals surface area contributed by atoms with E-state index in [0.29, 0.717) is 0 Å². The van der Waals surface area contributed by atoms with Crippen molar-refractivity contribution in [1.82, 2.24) is 10.2 Å². The van der Waals surface area contributed by atoms with Crippen LogP contribution in [0.25, 0.3) is 0 Å². The van der Waals surface area contributed by atoms with Crippen molar-refractivity contribution in [3.05, 3.63) is 0 Å². The van der Waals surface area contributed by atoms with Crippen molar-refractivity contribution >= 4 is 0 Å². The van der Waals surface area contributed by atoms with Crippen LogP contribution in [0, 0.1) is 0 Å². The van der Waals surface area contributed by atoms with Gasteiger partial charge in [0.05, 0.1) is 0 Å². The summed E-state index contributed by atoms with van der Waals surface area (Å²) in [5.41, 5.74) is 0. The number of likely N-dealkylation sites (tertiary alicyclic amines) is 1. The summed E-state index contributed by atoms with van der Waals surface area (Å²) >= 11 is 0. The van der Waals surface area contributed by atoms with Gasteiger partial charge >= 0.3 is 0 Å². The molecule has 0 aromatic heterocycles. The molecule has 0 spiro atoms. The van der Waals surface area contributed by atoms with Crippen LogP contribution in [-0.2, 0) is 0 Å². The predicted octanol–water partition coefficient (Wildman–Crippen LogP) is 1.47. The van der Waals surface area contributed by atoms with Gasteiger partial charge < -0.3 is 10.2 Å². The lowest BCUT2D eigenvalue weighted by molar-refractivity contribution is 0.291. The van der Waals surface area contributed by atoms with Crippen LogP contribution in [0.15, 0.2) is 0 Å². The number of nitrogens with zero attached hydrogens (tertiary/aromatic N) is 1. The van der Waals surface area contributed by atoms with E-state index in [4.69, 9.17) is 0 Å². The number of nitrogens with one attached hydrogen (secondary N) is 1. The fraction of sp³-hybridized carbons (Fsp3) is 1.00. The number of hydrogen-bond acceptors (Lipinski definition) is 2. The average Bonchev–Trinajstić information content (AvgIpc) is 2.46. The van der Waals surface area contributed by atoms with E-state index in [1.165, 1.54) is 38.8 Å². The highest BCUT2D eigenvalue weighted by Gasteiger charge is 2.19. The standard InChI is InChI=1S/C10H22N2/c1-3-11-8-4-6-10-7-5-9-12(10)2/h10-11H,3-9H2,1-2H3/t10-/m1/s1. The highest BCUT2D eigenvalue weighted by Crippen LogP contribution is 2.18. The van der Waals surface area contributed by atoms with Gasteiger partial charge in [-0.15, -0.1) is 0 Å². The van der Waals surface area contributed by atoms with Gasteiger partial charge in [0.25, 0.3) is 0 Å². The van der Waals surface area contributed by atoms with Crippen molar-refractivity contribution < 1.29 is 0 Å². The molecule has 2 nitrogen and oxygen atoms in total.